The van der Waals surface area contributed by atoms with E-state index in [1.807, 2.05) is 24.3 Å². The van der Waals surface area contributed by atoms with Crippen molar-refractivity contribution >= 4 is 35.7 Å². The molecule has 1 aliphatic carbocycles. The topological polar surface area (TPSA) is 46.5 Å². The van der Waals surface area contributed by atoms with Crippen LogP contribution >= 0.6 is 11.8 Å². The van der Waals surface area contributed by atoms with Gasteiger partial charge in [-0.2, -0.15) is 0 Å². The Morgan fingerprint density at radius 2 is 1.88 bits per heavy atom. The highest BCUT2D eigenvalue weighted by Crippen LogP contribution is 2.44. The molecule has 26 heavy (non-hydrogen) atoms. The lowest BCUT2D eigenvalue weighted by Gasteiger charge is -2.26. The molecule has 1 unspecified atom stereocenters. The van der Waals surface area contributed by atoms with Crippen LogP contribution in [0.2, 0.25) is 0 Å². The fourth-order valence-corrected chi connectivity index (χ4v) is 4.60. The Morgan fingerprint density at radius 1 is 1.08 bits per heavy atom. The van der Waals surface area contributed by atoms with Crippen molar-refractivity contribution in [1.82, 2.24) is 0 Å². The van der Waals surface area contributed by atoms with E-state index < -0.39 is 0 Å². The maximum Gasteiger partial charge on any atom is 0.150 e. The largest absolute Gasteiger partial charge is 0.298 e. The minimum atomic E-state index is 0.202. The van der Waals surface area contributed by atoms with E-state index >= 15 is 0 Å². The molecule has 1 heterocycles. The second-order valence-electron chi connectivity index (χ2n) is 6.90. The summed E-state index contributed by atoms with van der Waals surface area (Å²) in [6, 6.07) is 5.59. The average molecular weight is 368 g/mol. The van der Waals surface area contributed by atoms with Crippen molar-refractivity contribution in [3.05, 3.63) is 46.4 Å². The highest BCUT2D eigenvalue weighted by Gasteiger charge is 2.27. The number of carbonyl (C=O) groups excluding carboxylic acids is 2. The zero-order valence-corrected chi connectivity index (χ0v) is 16.1. The third-order valence-electron chi connectivity index (χ3n) is 4.88. The molecule has 4 heteroatoms. The van der Waals surface area contributed by atoms with Crippen LogP contribution in [0.1, 0.15) is 62.2 Å². The van der Waals surface area contributed by atoms with Gasteiger partial charge in [0, 0.05) is 26.9 Å². The number of hydrogen-bond donors (Lipinski definition) is 0. The minimum Gasteiger partial charge on any atom is -0.298 e. The number of unbranched alkanes of at least 4 members (excludes halogenated alkanes) is 5. The predicted octanol–water partition coefficient (Wildman–Crippen LogP) is 6.07. The number of fused-ring (bicyclic) bond motifs is 2. The van der Waals surface area contributed by atoms with Crippen molar-refractivity contribution in [2.24, 2.45) is 10.9 Å². The van der Waals surface area contributed by atoms with Crippen molar-refractivity contribution in [3.63, 3.8) is 0 Å². The van der Waals surface area contributed by atoms with E-state index in [1.165, 1.54) is 32.1 Å². The summed E-state index contributed by atoms with van der Waals surface area (Å²) in [6.45, 7) is 2.23. The van der Waals surface area contributed by atoms with Gasteiger partial charge in [-0.1, -0.05) is 63.3 Å². The maximum absolute atomic E-state index is 11.4. The van der Waals surface area contributed by atoms with Gasteiger partial charge < -0.3 is 0 Å². The summed E-state index contributed by atoms with van der Waals surface area (Å²) in [7, 11) is 0. The Labute approximate surface area is 159 Å². The number of aldehydes is 2. The van der Waals surface area contributed by atoms with E-state index in [2.05, 4.69) is 13.0 Å². The molecule has 0 saturated carbocycles. The second-order valence-corrected chi connectivity index (χ2v) is 7.98. The fourth-order valence-electron chi connectivity index (χ4n) is 3.45. The molecule has 0 amide bonds. The van der Waals surface area contributed by atoms with Gasteiger partial charge >= 0.3 is 0 Å². The minimum absolute atomic E-state index is 0.202. The van der Waals surface area contributed by atoms with E-state index in [-0.39, 0.29) is 5.92 Å². The number of nitrogens with zero attached hydrogens (tertiary/aromatic N) is 1. The summed E-state index contributed by atoms with van der Waals surface area (Å²) in [6.07, 6.45) is 14.4. The molecule has 3 nitrogen and oxygen atoms in total. The molecule has 1 atom stereocenters. The number of aliphatic imine (C=N–C) groups is 1. The summed E-state index contributed by atoms with van der Waals surface area (Å²) in [4.78, 5) is 29.3. The quantitative estimate of drug-likeness (QED) is 0.393. The van der Waals surface area contributed by atoms with Crippen LogP contribution in [0.4, 0.5) is 5.69 Å². The van der Waals surface area contributed by atoms with E-state index in [0.29, 0.717) is 5.56 Å². The Balaban J connectivity index is 1.75. The number of thioether (sulfide) groups is 1. The first-order valence-electron chi connectivity index (χ1n) is 9.50. The normalized spacial score (nSPS) is 18.2. The van der Waals surface area contributed by atoms with E-state index in [9.17, 15) is 9.59 Å². The van der Waals surface area contributed by atoms with Crippen LogP contribution in [0.5, 0.6) is 0 Å². The van der Waals surface area contributed by atoms with Crippen molar-refractivity contribution in [3.8, 4) is 0 Å². The summed E-state index contributed by atoms with van der Waals surface area (Å²) in [5, 5.41) is 0. The number of allylic oxidation sites excluding steroid dienone is 4. The lowest BCUT2D eigenvalue weighted by atomic mass is 9.89. The monoisotopic (exact) mass is 367 g/mol. The van der Waals surface area contributed by atoms with E-state index in [1.54, 1.807) is 11.8 Å². The zero-order chi connectivity index (χ0) is 18.4. The van der Waals surface area contributed by atoms with Gasteiger partial charge in [-0.25, -0.2) is 0 Å². The molecule has 0 aromatic heterocycles. The molecule has 0 saturated heterocycles. The van der Waals surface area contributed by atoms with Gasteiger partial charge in [-0.15, -0.1) is 0 Å². The Bertz CT molecular complexity index is 776. The molecule has 0 N–H and O–H groups in total. The molecule has 0 bridgehead atoms. The van der Waals surface area contributed by atoms with E-state index in [4.69, 9.17) is 4.99 Å². The molecule has 0 radical (unpaired) electrons. The molecule has 1 aromatic rings. The summed E-state index contributed by atoms with van der Waals surface area (Å²) in [5.74, 6) is 0.202. The molecular formula is C22H25NO2S. The van der Waals surface area contributed by atoms with Gasteiger partial charge in [0.1, 0.15) is 12.6 Å². The number of hydrogen-bond acceptors (Lipinski definition) is 4. The predicted molar refractivity (Wildman–Crippen MR) is 108 cm³/mol. The van der Waals surface area contributed by atoms with Crippen LogP contribution in [0.15, 0.2) is 50.7 Å². The molecule has 3 rings (SSSR count). The first-order chi connectivity index (χ1) is 12.7. The average Bonchev–Trinajstić information content (AvgIpc) is 2.68. The molecule has 1 aromatic carbocycles. The van der Waals surface area contributed by atoms with Crippen LogP contribution in [-0.2, 0) is 4.79 Å². The highest BCUT2D eigenvalue weighted by atomic mass is 32.2. The van der Waals surface area contributed by atoms with Crippen LogP contribution in [-0.4, -0.2) is 18.3 Å². The van der Waals surface area contributed by atoms with Gasteiger partial charge in [0.15, 0.2) is 0 Å². The second kappa shape index (κ2) is 9.13. The summed E-state index contributed by atoms with van der Waals surface area (Å²) < 4.78 is 0. The fraction of sp³-hybridized carbons (Fsp3) is 0.409. The van der Waals surface area contributed by atoms with Crippen LogP contribution in [0, 0.1) is 5.92 Å². The van der Waals surface area contributed by atoms with Crippen LogP contribution < -0.4 is 0 Å². The summed E-state index contributed by atoms with van der Waals surface area (Å²) in [5.41, 5.74) is 3.38. The first-order valence-corrected chi connectivity index (χ1v) is 10.3. The molecule has 1 aliphatic heterocycles. The molecular weight excluding hydrogens is 342 g/mol. The van der Waals surface area contributed by atoms with Crippen molar-refractivity contribution in [2.75, 3.05) is 0 Å². The van der Waals surface area contributed by atoms with E-state index in [0.717, 1.165) is 52.2 Å². The number of benzene rings is 1. The molecule has 136 valence electrons. The smallest absolute Gasteiger partial charge is 0.150 e. The van der Waals surface area contributed by atoms with Crippen molar-refractivity contribution < 1.29 is 9.59 Å². The third-order valence-corrected chi connectivity index (χ3v) is 5.97. The van der Waals surface area contributed by atoms with Gasteiger partial charge in [0.2, 0.25) is 0 Å². The van der Waals surface area contributed by atoms with Gasteiger partial charge in [0.05, 0.1) is 11.4 Å². The Kier molecular flexibility index (Phi) is 6.62. The van der Waals surface area contributed by atoms with Gasteiger partial charge in [-0.05, 0) is 30.7 Å². The van der Waals surface area contributed by atoms with Crippen LogP contribution in [0.3, 0.4) is 0 Å². The molecule has 2 aliphatic rings. The zero-order valence-electron chi connectivity index (χ0n) is 15.2. The Hall–Kier alpha value is -1.94. The standard InChI is InChI=1S/C22H25NO2S/c1-2-3-4-5-6-7-8-18-11-17(15-25)13-21-22(18)23-19-10-9-16(14-24)12-20(19)26-21/h9-15,18H,2-8H2,1H3. The van der Waals surface area contributed by atoms with Gasteiger partial charge in [0.25, 0.3) is 0 Å². The lowest BCUT2D eigenvalue weighted by molar-refractivity contribution is -0.104. The highest BCUT2D eigenvalue weighted by molar-refractivity contribution is 8.04. The molecule has 0 fully saturated rings. The van der Waals surface area contributed by atoms with Crippen molar-refractivity contribution in [1.29, 1.82) is 0 Å². The van der Waals surface area contributed by atoms with Gasteiger partial charge in [-0.3, -0.25) is 14.6 Å². The van der Waals surface area contributed by atoms with Crippen molar-refractivity contribution in [2.45, 2.75) is 56.8 Å². The SMILES string of the molecule is CCCCCCCCC1C=C(C=O)C=C2Sc3cc(C=O)ccc3N=C21. The lowest BCUT2D eigenvalue weighted by Crippen LogP contribution is -2.20. The molecule has 0 spiro atoms. The number of carbonyl (C=O) groups is 2. The maximum atomic E-state index is 11.4. The van der Waals surface area contributed by atoms with Crippen LogP contribution in [0.25, 0.3) is 0 Å². The third kappa shape index (κ3) is 4.42. The first kappa shape index (κ1) is 18.8. The Morgan fingerprint density at radius 3 is 2.65 bits per heavy atom. The summed E-state index contributed by atoms with van der Waals surface area (Å²) >= 11 is 1.62. The number of rotatable bonds is 9.